The molecule has 0 saturated heterocycles. The van der Waals surface area contributed by atoms with Crippen molar-refractivity contribution in [3.05, 3.63) is 56.6 Å². The van der Waals surface area contributed by atoms with Gasteiger partial charge in [-0.05, 0) is 57.2 Å². The number of benzene rings is 1. The van der Waals surface area contributed by atoms with E-state index in [1.54, 1.807) is 22.7 Å². The number of nitrogens with one attached hydrogen (secondary N) is 1. The summed E-state index contributed by atoms with van der Waals surface area (Å²) in [4.78, 5) is 4.31. The maximum atomic E-state index is 4.31. The summed E-state index contributed by atoms with van der Waals surface area (Å²) in [5.41, 5.74) is 3.59. The number of thiophene rings is 1. The predicted molar refractivity (Wildman–Crippen MR) is 86.9 cm³/mol. The zero-order chi connectivity index (χ0) is 13.1. The smallest absolute Gasteiger partial charge is 0.123 e. The molecule has 2 aromatic heterocycles. The number of hydrogen-bond donors (Lipinski definition) is 1. The lowest BCUT2D eigenvalue weighted by molar-refractivity contribution is 1.16. The van der Waals surface area contributed by atoms with Crippen molar-refractivity contribution < 1.29 is 0 Å². The van der Waals surface area contributed by atoms with Gasteiger partial charge in [-0.2, -0.15) is 0 Å². The van der Waals surface area contributed by atoms with Crippen LogP contribution in [0.1, 0.15) is 5.56 Å². The van der Waals surface area contributed by atoms with Gasteiger partial charge < -0.3 is 5.32 Å². The second-order valence-corrected chi connectivity index (χ2v) is 7.21. The van der Waals surface area contributed by atoms with E-state index in [-0.39, 0.29) is 0 Å². The number of rotatable bonds is 4. The lowest BCUT2D eigenvalue weighted by Gasteiger charge is -2.05. The third-order valence-corrected chi connectivity index (χ3v) is 5.06. The SMILES string of the molecule is Brc1cc(CNc2ccc(-c3nccs3)cc2)cs1. The molecule has 2 heterocycles. The Morgan fingerprint density at radius 3 is 2.63 bits per heavy atom. The molecule has 1 N–H and O–H groups in total. The van der Waals surface area contributed by atoms with Gasteiger partial charge in [0.15, 0.2) is 0 Å². The summed E-state index contributed by atoms with van der Waals surface area (Å²) in [6, 6.07) is 10.5. The summed E-state index contributed by atoms with van der Waals surface area (Å²) in [5, 5.41) is 8.63. The molecule has 19 heavy (non-hydrogen) atoms. The van der Waals surface area contributed by atoms with Gasteiger partial charge in [0, 0.05) is 29.4 Å². The van der Waals surface area contributed by atoms with Crippen LogP contribution in [0, 0.1) is 0 Å². The highest BCUT2D eigenvalue weighted by Gasteiger charge is 2.01. The normalized spacial score (nSPS) is 10.6. The van der Waals surface area contributed by atoms with Gasteiger partial charge >= 0.3 is 0 Å². The molecular weight excluding hydrogens is 340 g/mol. The molecule has 0 aliphatic rings. The number of nitrogens with zero attached hydrogens (tertiary/aromatic N) is 1. The Kier molecular flexibility index (Phi) is 3.96. The van der Waals surface area contributed by atoms with Gasteiger partial charge in [0.05, 0.1) is 3.79 Å². The van der Waals surface area contributed by atoms with Crippen molar-refractivity contribution in [1.82, 2.24) is 4.98 Å². The molecular formula is C14H11BrN2S2. The fraction of sp³-hybridized carbons (Fsp3) is 0.0714. The third-order valence-electron chi connectivity index (χ3n) is 2.68. The molecule has 0 aliphatic heterocycles. The fourth-order valence-electron chi connectivity index (χ4n) is 1.74. The van der Waals surface area contributed by atoms with Gasteiger partial charge in [0.2, 0.25) is 0 Å². The Morgan fingerprint density at radius 2 is 2.00 bits per heavy atom. The monoisotopic (exact) mass is 350 g/mol. The average Bonchev–Trinajstić information content (AvgIpc) is 3.08. The van der Waals surface area contributed by atoms with Gasteiger partial charge in [-0.15, -0.1) is 22.7 Å². The van der Waals surface area contributed by atoms with Crippen molar-refractivity contribution >= 4 is 44.3 Å². The predicted octanol–water partition coefficient (Wildman–Crippen LogP) is 5.25. The molecule has 0 bridgehead atoms. The molecule has 0 atom stereocenters. The summed E-state index contributed by atoms with van der Waals surface area (Å²) in [5.74, 6) is 0. The third kappa shape index (κ3) is 3.23. The molecule has 0 aliphatic carbocycles. The van der Waals surface area contributed by atoms with E-state index < -0.39 is 0 Å². The van der Waals surface area contributed by atoms with Crippen molar-refractivity contribution in [2.75, 3.05) is 5.32 Å². The number of anilines is 1. The van der Waals surface area contributed by atoms with Crippen LogP contribution in [0.3, 0.4) is 0 Å². The van der Waals surface area contributed by atoms with Crippen LogP contribution in [0.25, 0.3) is 10.6 Å². The molecule has 0 fully saturated rings. The number of thiazole rings is 1. The minimum absolute atomic E-state index is 0.846. The van der Waals surface area contributed by atoms with Gasteiger partial charge in [-0.1, -0.05) is 0 Å². The van der Waals surface area contributed by atoms with Crippen LogP contribution < -0.4 is 5.32 Å². The molecule has 2 nitrogen and oxygen atoms in total. The maximum Gasteiger partial charge on any atom is 0.123 e. The second-order valence-electron chi connectivity index (χ2n) is 4.03. The van der Waals surface area contributed by atoms with E-state index in [0.717, 1.165) is 17.2 Å². The van der Waals surface area contributed by atoms with Gasteiger partial charge in [0.1, 0.15) is 5.01 Å². The summed E-state index contributed by atoms with van der Waals surface area (Å²) in [6.45, 7) is 0.846. The Labute approximate surface area is 128 Å². The summed E-state index contributed by atoms with van der Waals surface area (Å²) < 4.78 is 1.17. The van der Waals surface area contributed by atoms with Crippen LogP contribution in [0.2, 0.25) is 0 Å². The quantitative estimate of drug-likeness (QED) is 0.695. The van der Waals surface area contributed by atoms with Gasteiger partial charge in [-0.3, -0.25) is 0 Å². The molecule has 5 heteroatoms. The lowest BCUT2D eigenvalue weighted by Crippen LogP contribution is -1.97. The zero-order valence-electron chi connectivity index (χ0n) is 9.97. The molecule has 96 valence electrons. The van der Waals surface area contributed by atoms with Crippen LogP contribution >= 0.6 is 38.6 Å². The minimum atomic E-state index is 0.846. The molecule has 3 rings (SSSR count). The molecule has 1 aromatic carbocycles. The zero-order valence-corrected chi connectivity index (χ0v) is 13.2. The van der Waals surface area contributed by atoms with Crippen LogP contribution in [0.15, 0.2) is 51.1 Å². The molecule has 0 saturated carbocycles. The second kappa shape index (κ2) is 5.86. The average molecular weight is 351 g/mol. The van der Waals surface area contributed by atoms with Crippen LogP contribution in [-0.2, 0) is 6.54 Å². The molecule has 0 amide bonds. The Morgan fingerprint density at radius 1 is 1.16 bits per heavy atom. The highest BCUT2D eigenvalue weighted by Crippen LogP contribution is 2.24. The Bertz CT molecular complexity index is 644. The number of aromatic nitrogens is 1. The van der Waals surface area contributed by atoms with Crippen molar-refractivity contribution in [3.63, 3.8) is 0 Å². The van der Waals surface area contributed by atoms with Crippen molar-refractivity contribution in [3.8, 4) is 10.6 Å². The van der Waals surface area contributed by atoms with Crippen LogP contribution in [0.4, 0.5) is 5.69 Å². The first-order valence-corrected chi connectivity index (χ1v) is 8.33. The number of hydrogen-bond acceptors (Lipinski definition) is 4. The molecule has 0 spiro atoms. The van der Waals surface area contributed by atoms with E-state index in [1.165, 1.54) is 14.9 Å². The first kappa shape index (κ1) is 12.8. The molecule has 3 aromatic rings. The minimum Gasteiger partial charge on any atom is -0.381 e. The molecule has 0 radical (unpaired) electrons. The van der Waals surface area contributed by atoms with Crippen molar-refractivity contribution in [1.29, 1.82) is 0 Å². The van der Waals surface area contributed by atoms with Gasteiger partial charge in [-0.25, -0.2) is 4.98 Å². The van der Waals surface area contributed by atoms with E-state index >= 15 is 0 Å². The van der Waals surface area contributed by atoms with Crippen molar-refractivity contribution in [2.45, 2.75) is 6.54 Å². The van der Waals surface area contributed by atoms with Gasteiger partial charge in [0.25, 0.3) is 0 Å². The van der Waals surface area contributed by atoms with E-state index in [0.29, 0.717) is 0 Å². The largest absolute Gasteiger partial charge is 0.381 e. The van der Waals surface area contributed by atoms with E-state index in [2.05, 4.69) is 61.9 Å². The Hall–Kier alpha value is -1.17. The first-order valence-electron chi connectivity index (χ1n) is 5.78. The van der Waals surface area contributed by atoms with E-state index in [1.807, 2.05) is 11.6 Å². The summed E-state index contributed by atoms with van der Waals surface area (Å²) >= 11 is 6.84. The highest BCUT2D eigenvalue weighted by molar-refractivity contribution is 9.11. The first-order chi connectivity index (χ1) is 9.31. The summed E-state index contributed by atoms with van der Waals surface area (Å²) in [6.07, 6.45) is 1.83. The fourth-order valence-corrected chi connectivity index (χ4v) is 3.59. The number of halogens is 1. The standard InChI is InChI=1S/C14H11BrN2S2/c15-13-7-10(9-19-13)8-17-12-3-1-11(2-4-12)14-16-5-6-18-14/h1-7,9,17H,8H2. The van der Waals surface area contributed by atoms with Crippen molar-refractivity contribution in [2.24, 2.45) is 0 Å². The van der Waals surface area contributed by atoms with Crippen LogP contribution in [0.5, 0.6) is 0 Å². The molecule has 0 unspecified atom stereocenters. The lowest BCUT2D eigenvalue weighted by atomic mass is 10.2. The highest BCUT2D eigenvalue weighted by atomic mass is 79.9. The van der Waals surface area contributed by atoms with E-state index in [4.69, 9.17) is 0 Å². The maximum absolute atomic E-state index is 4.31. The summed E-state index contributed by atoms with van der Waals surface area (Å²) in [7, 11) is 0. The Balaban J connectivity index is 1.66. The topological polar surface area (TPSA) is 24.9 Å². The van der Waals surface area contributed by atoms with Crippen LogP contribution in [-0.4, -0.2) is 4.98 Å². The van der Waals surface area contributed by atoms with E-state index in [9.17, 15) is 0 Å².